The number of fused-ring (bicyclic) bond motifs is 1. The third-order valence-corrected chi connectivity index (χ3v) is 3.83. The average Bonchev–Trinajstić information content (AvgIpc) is 2.82. The predicted molar refractivity (Wildman–Crippen MR) is 77.9 cm³/mol. The zero-order valence-corrected chi connectivity index (χ0v) is 11.3. The number of ether oxygens (including phenoxy) is 1. The number of benzene rings is 2. The molecule has 3 aromatic rings. The second kappa shape index (κ2) is 4.90. The predicted octanol–water partition coefficient (Wildman–Crippen LogP) is 4.07. The van der Waals surface area contributed by atoms with E-state index < -0.39 is 0 Å². The van der Waals surface area contributed by atoms with Crippen molar-refractivity contribution in [3.05, 3.63) is 42.5 Å². The van der Waals surface area contributed by atoms with Gasteiger partial charge < -0.3 is 9.84 Å². The van der Waals surface area contributed by atoms with Crippen molar-refractivity contribution in [1.29, 1.82) is 0 Å². The fraction of sp³-hybridized carbons (Fsp3) is 0.133. The molecule has 0 radical (unpaired) electrons. The van der Waals surface area contributed by atoms with Crippen LogP contribution in [0.4, 0.5) is 0 Å². The minimum atomic E-state index is 0.256. The van der Waals surface area contributed by atoms with Crippen LogP contribution >= 0.6 is 11.3 Å². The number of phenols is 1. The first-order chi connectivity index (χ1) is 9.26. The molecular weight excluding hydrogens is 258 g/mol. The lowest BCUT2D eigenvalue weighted by molar-refractivity contribution is 0.341. The number of aromatic nitrogens is 1. The highest BCUT2D eigenvalue weighted by Gasteiger charge is 2.07. The van der Waals surface area contributed by atoms with E-state index in [1.807, 2.05) is 37.3 Å². The van der Waals surface area contributed by atoms with E-state index >= 15 is 0 Å². The number of nitrogens with zero attached hydrogens (tertiary/aromatic N) is 1. The zero-order chi connectivity index (χ0) is 13.2. The molecule has 0 atom stereocenters. The fourth-order valence-electron chi connectivity index (χ4n) is 1.92. The summed E-state index contributed by atoms with van der Waals surface area (Å²) in [7, 11) is 0. The molecule has 0 saturated heterocycles. The van der Waals surface area contributed by atoms with Crippen LogP contribution in [0.5, 0.6) is 11.5 Å². The van der Waals surface area contributed by atoms with Gasteiger partial charge in [-0.3, -0.25) is 0 Å². The Morgan fingerprint density at radius 3 is 2.89 bits per heavy atom. The highest BCUT2D eigenvalue weighted by atomic mass is 32.1. The van der Waals surface area contributed by atoms with E-state index in [0.717, 1.165) is 26.5 Å². The van der Waals surface area contributed by atoms with Gasteiger partial charge in [0.2, 0.25) is 0 Å². The largest absolute Gasteiger partial charge is 0.508 e. The van der Waals surface area contributed by atoms with Crippen LogP contribution in [0.1, 0.15) is 6.92 Å². The van der Waals surface area contributed by atoms with Gasteiger partial charge in [-0.05, 0) is 37.3 Å². The minimum absolute atomic E-state index is 0.256. The number of rotatable bonds is 3. The smallest absolute Gasteiger partial charge is 0.124 e. The summed E-state index contributed by atoms with van der Waals surface area (Å²) in [6.07, 6.45) is 0. The first kappa shape index (κ1) is 12.0. The summed E-state index contributed by atoms with van der Waals surface area (Å²) in [6, 6.07) is 13.0. The fourth-order valence-corrected chi connectivity index (χ4v) is 2.91. The van der Waals surface area contributed by atoms with Crippen molar-refractivity contribution < 1.29 is 9.84 Å². The lowest BCUT2D eigenvalue weighted by Gasteiger charge is -2.00. The summed E-state index contributed by atoms with van der Waals surface area (Å²) in [5, 5.41) is 10.4. The van der Waals surface area contributed by atoms with Crippen LogP contribution in [0.3, 0.4) is 0 Å². The van der Waals surface area contributed by atoms with Gasteiger partial charge in [0, 0.05) is 5.56 Å². The number of aromatic hydroxyl groups is 1. The highest BCUT2D eigenvalue weighted by molar-refractivity contribution is 7.21. The Morgan fingerprint density at radius 1 is 1.21 bits per heavy atom. The third kappa shape index (κ3) is 2.39. The van der Waals surface area contributed by atoms with Gasteiger partial charge in [0.1, 0.15) is 16.5 Å². The van der Waals surface area contributed by atoms with Crippen molar-refractivity contribution >= 4 is 21.6 Å². The van der Waals surface area contributed by atoms with Crippen LogP contribution in [0.15, 0.2) is 42.5 Å². The molecule has 3 rings (SSSR count). The number of hydrogen-bond donors (Lipinski definition) is 1. The third-order valence-electron chi connectivity index (χ3n) is 2.76. The summed E-state index contributed by atoms with van der Waals surface area (Å²) in [5.41, 5.74) is 1.88. The first-order valence-corrected chi connectivity index (χ1v) is 6.90. The second-order valence-electron chi connectivity index (χ2n) is 4.13. The topological polar surface area (TPSA) is 42.4 Å². The molecule has 19 heavy (non-hydrogen) atoms. The van der Waals surface area contributed by atoms with Crippen LogP contribution in [0, 0.1) is 0 Å². The maximum Gasteiger partial charge on any atom is 0.124 e. The van der Waals surface area contributed by atoms with Crippen LogP contribution in [0.25, 0.3) is 20.8 Å². The van der Waals surface area contributed by atoms with Gasteiger partial charge in [0.15, 0.2) is 0 Å². The van der Waals surface area contributed by atoms with Gasteiger partial charge in [-0.2, -0.15) is 0 Å². The van der Waals surface area contributed by atoms with Crippen LogP contribution < -0.4 is 4.74 Å². The van der Waals surface area contributed by atoms with Crippen LogP contribution in [-0.2, 0) is 0 Å². The van der Waals surface area contributed by atoms with Gasteiger partial charge in [-0.25, -0.2) is 4.98 Å². The summed E-state index contributed by atoms with van der Waals surface area (Å²) < 4.78 is 6.57. The Hall–Kier alpha value is -2.07. The van der Waals surface area contributed by atoms with E-state index in [0.29, 0.717) is 6.61 Å². The van der Waals surface area contributed by atoms with E-state index in [-0.39, 0.29) is 5.75 Å². The molecule has 0 bridgehead atoms. The standard InChI is InChI=1S/C15H13NO2S/c1-2-18-12-6-7-13-14(9-12)19-15(16-13)10-4-3-5-11(17)8-10/h3-9,17H,2H2,1H3. The number of hydrogen-bond acceptors (Lipinski definition) is 4. The van der Waals surface area contributed by atoms with Crippen LogP contribution in [0.2, 0.25) is 0 Å². The van der Waals surface area contributed by atoms with Gasteiger partial charge in [-0.15, -0.1) is 11.3 Å². The molecule has 96 valence electrons. The number of thiazole rings is 1. The summed E-state index contributed by atoms with van der Waals surface area (Å²) in [5.74, 6) is 1.12. The van der Waals surface area contributed by atoms with E-state index in [1.165, 1.54) is 0 Å². The molecule has 0 fully saturated rings. The molecule has 2 aromatic carbocycles. The van der Waals surface area contributed by atoms with E-state index in [2.05, 4.69) is 4.98 Å². The van der Waals surface area contributed by atoms with Gasteiger partial charge in [-0.1, -0.05) is 12.1 Å². The molecule has 4 heteroatoms. The monoisotopic (exact) mass is 271 g/mol. The summed E-state index contributed by atoms with van der Waals surface area (Å²) in [6.45, 7) is 2.62. The Bertz CT molecular complexity index is 721. The average molecular weight is 271 g/mol. The lowest BCUT2D eigenvalue weighted by Crippen LogP contribution is -1.89. The van der Waals surface area contributed by atoms with Gasteiger partial charge in [0.25, 0.3) is 0 Å². The van der Waals surface area contributed by atoms with Crippen molar-refractivity contribution in [3.8, 4) is 22.1 Å². The van der Waals surface area contributed by atoms with E-state index in [9.17, 15) is 5.11 Å². The summed E-state index contributed by atoms with van der Waals surface area (Å²) in [4.78, 5) is 4.58. The molecule has 3 nitrogen and oxygen atoms in total. The highest BCUT2D eigenvalue weighted by Crippen LogP contribution is 2.33. The molecule has 0 spiro atoms. The molecule has 0 aliphatic heterocycles. The van der Waals surface area contributed by atoms with E-state index in [1.54, 1.807) is 23.5 Å². The Labute approximate surface area is 115 Å². The molecular formula is C15H13NO2S. The van der Waals surface area contributed by atoms with Crippen molar-refractivity contribution in [3.63, 3.8) is 0 Å². The molecule has 0 aliphatic carbocycles. The molecule has 0 unspecified atom stereocenters. The van der Waals surface area contributed by atoms with Crippen LogP contribution in [-0.4, -0.2) is 16.7 Å². The van der Waals surface area contributed by atoms with Gasteiger partial charge in [0.05, 0.1) is 16.8 Å². The molecule has 1 N–H and O–H groups in total. The normalized spacial score (nSPS) is 10.8. The zero-order valence-electron chi connectivity index (χ0n) is 10.5. The lowest BCUT2D eigenvalue weighted by atomic mass is 10.2. The number of phenolic OH excluding ortho intramolecular Hbond substituents is 1. The second-order valence-corrected chi connectivity index (χ2v) is 5.16. The molecule has 0 saturated carbocycles. The quantitative estimate of drug-likeness (QED) is 0.781. The SMILES string of the molecule is CCOc1ccc2nc(-c3cccc(O)c3)sc2c1. The summed E-state index contributed by atoms with van der Waals surface area (Å²) >= 11 is 1.60. The molecule has 0 amide bonds. The first-order valence-electron chi connectivity index (χ1n) is 6.09. The Kier molecular flexibility index (Phi) is 3.09. The van der Waals surface area contributed by atoms with Gasteiger partial charge >= 0.3 is 0 Å². The van der Waals surface area contributed by atoms with Crippen molar-refractivity contribution in [2.75, 3.05) is 6.61 Å². The minimum Gasteiger partial charge on any atom is -0.508 e. The molecule has 1 heterocycles. The van der Waals surface area contributed by atoms with Crippen molar-refractivity contribution in [2.24, 2.45) is 0 Å². The van der Waals surface area contributed by atoms with Crippen molar-refractivity contribution in [1.82, 2.24) is 4.98 Å². The van der Waals surface area contributed by atoms with Crippen molar-refractivity contribution in [2.45, 2.75) is 6.92 Å². The molecule has 0 aliphatic rings. The molecule has 1 aromatic heterocycles. The maximum absolute atomic E-state index is 9.52. The Morgan fingerprint density at radius 2 is 2.11 bits per heavy atom. The Balaban J connectivity index is 2.06. The maximum atomic E-state index is 9.52. The van der Waals surface area contributed by atoms with E-state index in [4.69, 9.17) is 4.74 Å².